The van der Waals surface area contributed by atoms with Crippen LogP contribution in [0.1, 0.15) is 40.4 Å². The topological polar surface area (TPSA) is 59.5 Å². The molecule has 0 bridgehead atoms. The van der Waals surface area contributed by atoms with Gasteiger partial charge in [-0.3, -0.25) is 4.79 Å². The van der Waals surface area contributed by atoms with Crippen molar-refractivity contribution in [3.05, 3.63) is 10.6 Å². The van der Waals surface area contributed by atoms with Gasteiger partial charge in [-0.1, -0.05) is 11.3 Å². The van der Waals surface area contributed by atoms with Crippen molar-refractivity contribution in [2.24, 2.45) is 0 Å². The number of esters is 1. The highest BCUT2D eigenvalue weighted by atomic mass is 32.2. The van der Waals surface area contributed by atoms with Crippen molar-refractivity contribution in [1.82, 2.24) is 4.98 Å². The maximum absolute atomic E-state index is 11.9. The van der Waals surface area contributed by atoms with Gasteiger partial charge in [-0.05, 0) is 19.1 Å². The molecule has 0 radical (unpaired) electrons. The molecule has 0 amide bonds. The summed E-state index contributed by atoms with van der Waals surface area (Å²) in [5, 5.41) is 0.714. The van der Waals surface area contributed by atoms with Crippen molar-refractivity contribution in [3.8, 4) is 0 Å². The third-order valence-electron chi connectivity index (χ3n) is 3.16. The summed E-state index contributed by atoms with van der Waals surface area (Å²) in [5.74, 6) is 1.53. The molecule has 5 nitrogen and oxygen atoms in total. The maximum Gasteiger partial charge on any atom is 0.358 e. The molecule has 1 aliphatic heterocycles. The van der Waals surface area contributed by atoms with Crippen LogP contribution in [0.3, 0.4) is 0 Å². The van der Waals surface area contributed by atoms with Gasteiger partial charge in [0.05, 0.1) is 6.61 Å². The van der Waals surface area contributed by atoms with Crippen molar-refractivity contribution in [2.75, 3.05) is 30.1 Å². The van der Waals surface area contributed by atoms with Crippen LogP contribution in [0.4, 0.5) is 5.13 Å². The minimum atomic E-state index is -0.519. The van der Waals surface area contributed by atoms with Crippen molar-refractivity contribution < 1.29 is 14.3 Å². The van der Waals surface area contributed by atoms with E-state index in [2.05, 4.69) is 9.88 Å². The SMILES string of the molecule is CCOC(=O)c1nc(N(C)C2CCSC2)sc1C(C)=O. The van der Waals surface area contributed by atoms with E-state index >= 15 is 0 Å². The molecule has 20 heavy (non-hydrogen) atoms. The molecule has 0 aliphatic carbocycles. The van der Waals surface area contributed by atoms with Gasteiger partial charge in [-0.2, -0.15) is 11.8 Å². The first-order chi connectivity index (χ1) is 9.54. The lowest BCUT2D eigenvalue weighted by Gasteiger charge is -2.22. The monoisotopic (exact) mass is 314 g/mol. The van der Waals surface area contributed by atoms with Gasteiger partial charge in [0, 0.05) is 25.8 Å². The van der Waals surface area contributed by atoms with Crippen molar-refractivity contribution in [3.63, 3.8) is 0 Å². The number of carbonyl (C=O) groups excluding carboxylic acids is 2. The fourth-order valence-corrected chi connectivity index (χ4v) is 4.27. The number of carbonyl (C=O) groups is 2. The Hall–Kier alpha value is -1.08. The number of thioether (sulfide) groups is 1. The number of ketones is 1. The van der Waals surface area contributed by atoms with Crippen molar-refractivity contribution in [1.29, 1.82) is 0 Å². The van der Waals surface area contributed by atoms with Gasteiger partial charge in [0.15, 0.2) is 16.6 Å². The second kappa shape index (κ2) is 6.58. The van der Waals surface area contributed by atoms with Crippen LogP contribution < -0.4 is 4.90 Å². The van der Waals surface area contributed by atoms with Crippen LogP contribution in [-0.4, -0.2) is 47.9 Å². The van der Waals surface area contributed by atoms with Crippen LogP contribution in [0.15, 0.2) is 0 Å². The van der Waals surface area contributed by atoms with Crippen molar-refractivity contribution in [2.45, 2.75) is 26.3 Å². The molecule has 1 unspecified atom stereocenters. The largest absolute Gasteiger partial charge is 0.461 e. The van der Waals surface area contributed by atoms with Crippen LogP contribution >= 0.6 is 23.1 Å². The Balaban J connectivity index is 2.28. The van der Waals surface area contributed by atoms with Gasteiger partial charge in [-0.15, -0.1) is 0 Å². The summed E-state index contributed by atoms with van der Waals surface area (Å²) in [6, 6.07) is 0.418. The number of hydrogen-bond acceptors (Lipinski definition) is 7. The molecular formula is C13H18N2O3S2. The van der Waals surface area contributed by atoms with Gasteiger partial charge in [0.25, 0.3) is 0 Å². The number of rotatable bonds is 5. The van der Waals surface area contributed by atoms with Crippen LogP contribution in [-0.2, 0) is 4.74 Å². The molecule has 0 aromatic carbocycles. The normalized spacial score (nSPS) is 18.1. The number of hydrogen-bond donors (Lipinski definition) is 0. The van der Waals surface area contributed by atoms with E-state index in [1.807, 2.05) is 18.8 Å². The van der Waals surface area contributed by atoms with Crippen LogP contribution in [0.5, 0.6) is 0 Å². The quantitative estimate of drug-likeness (QED) is 0.614. The number of thiazole rings is 1. The van der Waals surface area contributed by atoms with E-state index in [0.29, 0.717) is 16.1 Å². The maximum atomic E-state index is 11.9. The van der Waals surface area contributed by atoms with Gasteiger partial charge < -0.3 is 9.64 Å². The highest BCUT2D eigenvalue weighted by Gasteiger charge is 2.27. The third kappa shape index (κ3) is 3.15. The lowest BCUT2D eigenvalue weighted by atomic mass is 10.2. The Kier molecular flexibility index (Phi) is 5.04. The Bertz CT molecular complexity index is 510. The average molecular weight is 314 g/mol. The lowest BCUT2D eigenvalue weighted by molar-refractivity contribution is 0.0517. The predicted octanol–water partition coefficient (Wildman–Crippen LogP) is 2.46. The summed E-state index contributed by atoms with van der Waals surface area (Å²) in [4.78, 5) is 30.3. The van der Waals surface area contributed by atoms with Crippen LogP contribution in [0.2, 0.25) is 0 Å². The summed E-state index contributed by atoms with van der Waals surface area (Å²) in [5.41, 5.74) is 0.150. The van der Waals surface area contributed by atoms with Crippen LogP contribution in [0, 0.1) is 0 Å². The molecule has 1 saturated heterocycles. The van der Waals surface area contributed by atoms with E-state index in [0.717, 1.165) is 17.9 Å². The second-order valence-electron chi connectivity index (χ2n) is 4.58. The number of ether oxygens (including phenoxy) is 1. The predicted molar refractivity (Wildman–Crippen MR) is 82.2 cm³/mol. The summed E-state index contributed by atoms with van der Waals surface area (Å²) in [6.07, 6.45) is 1.10. The first-order valence-electron chi connectivity index (χ1n) is 6.54. The van der Waals surface area contributed by atoms with E-state index in [1.165, 1.54) is 18.3 Å². The first-order valence-corrected chi connectivity index (χ1v) is 8.51. The summed E-state index contributed by atoms with van der Waals surface area (Å²) >= 11 is 3.19. The molecule has 1 aliphatic rings. The Morgan fingerprint density at radius 2 is 2.25 bits per heavy atom. The fourth-order valence-electron chi connectivity index (χ4n) is 2.02. The van der Waals surface area contributed by atoms with Crippen molar-refractivity contribution >= 4 is 40.0 Å². The number of aromatic nitrogens is 1. The molecule has 110 valence electrons. The molecule has 2 heterocycles. The molecule has 0 spiro atoms. The Morgan fingerprint density at radius 1 is 1.50 bits per heavy atom. The molecule has 1 fully saturated rings. The first kappa shape index (κ1) is 15.3. The smallest absolute Gasteiger partial charge is 0.358 e. The summed E-state index contributed by atoms with van der Waals surface area (Å²) in [7, 11) is 1.97. The number of anilines is 1. The highest BCUT2D eigenvalue weighted by molar-refractivity contribution is 7.99. The fraction of sp³-hybridized carbons (Fsp3) is 0.615. The molecule has 1 atom stereocenters. The molecule has 0 N–H and O–H groups in total. The van der Waals surface area contributed by atoms with E-state index in [9.17, 15) is 9.59 Å². The summed E-state index contributed by atoms with van der Waals surface area (Å²) < 4.78 is 4.97. The standard InChI is InChI=1S/C13H18N2O3S2/c1-4-18-12(17)10-11(8(2)16)20-13(14-10)15(3)9-5-6-19-7-9/h9H,4-7H2,1-3H3. The molecule has 1 aromatic rings. The number of Topliss-reactive ketones (excluding diaryl/α,β-unsaturated/α-hetero) is 1. The molecule has 0 saturated carbocycles. The van der Waals surface area contributed by atoms with Gasteiger partial charge in [-0.25, -0.2) is 9.78 Å². The lowest BCUT2D eigenvalue weighted by Crippen LogP contribution is -2.31. The zero-order chi connectivity index (χ0) is 14.7. The third-order valence-corrected chi connectivity index (χ3v) is 5.55. The van der Waals surface area contributed by atoms with E-state index in [-0.39, 0.29) is 18.1 Å². The van der Waals surface area contributed by atoms with Crippen LogP contribution in [0.25, 0.3) is 0 Å². The highest BCUT2D eigenvalue weighted by Crippen LogP contribution is 2.31. The Morgan fingerprint density at radius 3 is 2.80 bits per heavy atom. The second-order valence-corrected chi connectivity index (χ2v) is 6.71. The summed E-state index contributed by atoms with van der Waals surface area (Å²) in [6.45, 7) is 3.46. The molecule has 1 aromatic heterocycles. The minimum absolute atomic E-state index is 0.147. The zero-order valence-corrected chi connectivity index (χ0v) is 13.5. The molecule has 7 heteroatoms. The Labute approximate surface area is 126 Å². The number of nitrogens with zero attached hydrogens (tertiary/aromatic N) is 2. The minimum Gasteiger partial charge on any atom is -0.461 e. The van der Waals surface area contributed by atoms with E-state index in [1.54, 1.807) is 6.92 Å². The average Bonchev–Trinajstić information content (AvgIpc) is 3.07. The van der Waals surface area contributed by atoms with Gasteiger partial charge >= 0.3 is 5.97 Å². The van der Waals surface area contributed by atoms with Gasteiger partial charge in [0.2, 0.25) is 0 Å². The molecule has 2 rings (SSSR count). The molecular weight excluding hydrogens is 296 g/mol. The van der Waals surface area contributed by atoms with Gasteiger partial charge in [0.1, 0.15) is 4.88 Å². The zero-order valence-electron chi connectivity index (χ0n) is 11.8. The van der Waals surface area contributed by atoms with E-state index < -0.39 is 5.97 Å². The van der Waals surface area contributed by atoms with E-state index in [4.69, 9.17) is 4.74 Å².